The molecule has 3 rings (SSSR count). The Labute approximate surface area is 152 Å². The Hall–Kier alpha value is -2.13. The maximum absolute atomic E-state index is 12.4. The molecule has 2 aromatic carbocycles. The molecule has 0 fully saturated rings. The molecule has 0 saturated heterocycles. The first-order valence-corrected chi connectivity index (χ1v) is 8.51. The number of fused-ring (bicyclic) bond motifs is 1. The molecule has 7 heteroatoms. The van der Waals surface area contributed by atoms with Crippen molar-refractivity contribution < 1.29 is 9.53 Å². The lowest BCUT2D eigenvalue weighted by Gasteiger charge is -2.09. The quantitative estimate of drug-likeness (QED) is 0.637. The van der Waals surface area contributed by atoms with Gasteiger partial charge in [0.2, 0.25) is 0 Å². The van der Waals surface area contributed by atoms with Gasteiger partial charge in [0.15, 0.2) is 11.7 Å². The highest BCUT2D eigenvalue weighted by Gasteiger charge is 2.24. The van der Waals surface area contributed by atoms with Crippen LogP contribution in [-0.2, 0) is 4.79 Å². The van der Waals surface area contributed by atoms with Crippen molar-refractivity contribution in [3.63, 3.8) is 0 Å². The molecule has 0 aliphatic rings. The van der Waals surface area contributed by atoms with Gasteiger partial charge in [-0.15, -0.1) is 11.3 Å². The number of ether oxygens (including phenoxy) is 1. The minimum Gasteiger partial charge on any atom is -0.484 e. The molecule has 0 N–H and O–H groups in total. The fourth-order valence-corrected chi connectivity index (χ4v) is 3.60. The Bertz CT molecular complexity index is 916. The second kappa shape index (κ2) is 7.18. The van der Waals surface area contributed by atoms with E-state index in [1.54, 1.807) is 12.1 Å². The van der Waals surface area contributed by atoms with E-state index in [1.165, 1.54) is 17.4 Å². The van der Waals surface area contributed by atoms with Crippen LogP contribution in [0.5, 0.6) is 5.75 Å². The van der Waals surface area contributed by atoms with E-state index >= 15 is 0 Å². The Morgan fingerprint density at radius 1 is 1.29 bits per heavy atom. The topological polar surface area (TPSA) is 63.0 Å². The zero-order valence-electron chi connectivity index (χ0n) is 12.2. The highest BCUT2D eigenvalue weighted by Crippen LogP contribution is 2.30. The molecule has 0 aliphatic heterocycles. The lowest BCUT2D eigenvalue weighted by atomic mass is 10.1. The van der Waals surface area contributed by atoms with Gasteiger partial charge in [-0.05, 0) is 30.3 Å². The maximum atomic E-state index is 12.4. The molecule has 0 radical (unpaired) electrons. The van der Waals surface area contributed by atoms with Crippen molar-refractivity contribution in [1.82, 2.24) is 4.98 Å². The van der Waals surface area contributed by atoms with E-state index in [0.29, 0.717) is 20.8 Å². The van der Waals surface area contributed by atoms with Crippen LogP contribution in [0.3, 0.4) is 0 Å². The third-order valence-corrected chi connectivity index (χ3v) is 4.90. The monoisotopic (exact) mass is 376 g/mol. The van der Waals surface area contributed by atoms with Gasteiger partial charge in [0.05, 0.1) is 21.3 Å². The van der Waals surface area contributed by atoms with E-state index in [2.05, 4.69) is 4.98 Å². The second-order valence-electron chi connectivity index (χ2n) is 4.91. The largest absolute Gasteiger partial charge is 0.484 e. The molecule has 1 atom stereocenters. The zero-order chi connectivity index (χ0) is 17.1. The van der Waals surface area contributed by atoms with Gasteiger partial charge in [-0.25, -0.2) is 4.98 Å². The van der Waals surface area contributed by atoms with Gasteiger partial charge in [-0.3, -0.25) is 4.79 Å². The summed E-state index contributed by atoms with van der Waals surface area (Å²) in [6, 6.07) is 14.2. The van der Waals surface area contributed by atoms with Gasteiger partial charge in [-0.1, -0.05) is 35.3 Å². The molecule has 24 heavy (non-hydrogen) atoms. The standard InChI is InChI=1S/C17H10Cl2N2O2S/c18-10-5-6-15(12(19)7-10)23-9-14(22)11(8-20)17-21-13-3-1-2-4-16(13)24-17/h1-7,11H,9H2. The average molecular weight is 377 g/mol. The number of ketones is 1. The van der Waals surface area contributed by atoms with Crippen molar-refractivity contribution in [3.05, 3.63) is 57.5 Å². The summed E-state index contributed by atoms with van der Waals surface area (Å²) >= 11 is 13.1. The van der Waals surface area contributed by atoms with Crippen molar-refractivity contribution in [2.45, 2.75) is 5.92 Å². The molecule has 4 nitrogen and oxygen atoms in total. The summed E-state index contributed by atoms with van der Waals surface area (Å²) in [7, 11) is 0. The van der Waals surface area contributed by atoms with Crippen LogP contribution in [0.25, 0.3) is 10.2 Å². The van der Waals surface area contributed by atoms with E-state index in [1.807, 2.05) is 30.3 Å². The third-order valence-electron chi connectivity index (χ3n) is 3.27. The van der Waals surface area contributed by atoms with Crippen molar-refractivity contribution in [1.29, 1.82) is 5.26 Å². The van der Waals surface area contributed by atoms with E-state index in [-0.39, 0.29) is 12.4 Å². The van der Waals surface area contributed by atoms with Gasteiger partial charge in [0.25, 0.3) is 0 Å². The normalized spacial score (nSPS) is 11.9. The summed E-state index contributed by atoms with van der Waals surface area (Å²) in [5.41, 5.74) is 0.771. The number of halogens is 2. The van der Waals surface area contributed by atoms with Crippen LogP contribution in [0, 0.1) is 11.3 Å². The lowest BCUT2D eigenvalue weighted by Crippen LogP contribution is -2.19. The number of hydrogen-bond acceptors (Lipinski definition) is 5. The molecule has 0 spiro atoms. The second-order valence-corrected chi connectivity index (χ2v) is 6.82. The zero-order valence-corrected chi connectivity index (χ0v) is 14.5. The molecular formula is C17H10Cl2N2O2S. The van der Waals surface area contributed by atoms with Gasteiger partial charge in [0, 0.05) is 5.02 Å². The smallest absolute Gasteiger partial charge is 0.194 e. The molecule has 1 unspecified atom stereocenters. The summed E-state index contributed by atoms with van der Waals surface area (Å²) < 4.78 is 6.35. The molecule has 0 saturated carbocycles. The van der Waals surface area contributed by atoms with E-state index in [0.717, 1.165) is 10.2 Å². The molecule has 0 bridgehead atoms. The van der Waals surface area contributed by atoms with Gasteiger partial charge in [-0.2, -0.15) is 5.26 Å². The first-order valence-electron chi connectivity index (χ1n) is 6.94. The summed E-state index contributed by atoms with van der Waals surface area (Å²) in [6.45, 7) is -0.268. The Morgan fingerprint density at radius 3 is 2.79 bits per heavy atom. The van der Waals surface area contributed by atoms with Gasteiger partial charge >= 0.3 is 0 Å². The third kappa shape index (κ3) is 3.51. The van der Waals surface area contributed by atoms with Crippen molar-refractivity contribution in [2.24, 2.45) is 0 Å². The fraction of sp³-hybridized carbons (Fsp3) is 0.118. The SMILES string of the molecule is N#CC(C(=O)COc1ccc(Cl)cc1Cl)c1nc2ccccc2s1. The predicted octanol–water partition coefficient (Wildman–Crippen LogP) is 4.86. The Morgan fingerprint density at radius 2 is 2.08 bits per heavy atom. The maximum Gasteiger partial charge on any atom is 0.194 e. The highest BCUT2D eigenvalue weighted by molar-refractivity contribution is 7.18. The molecule has 120 valence electrons. The predicted molar refractivity (Wildman–Crippen MR) is 94.9 cm³/mol. The lowest BCUT2D eigenvalue weighted by molar-refractivity contribution is -0.121. The number of rotatable bonds is 5. The number of thiazole rings is 1. The van der Waals surface area contributed by atoms with E-state index in [9.17, 15) is 10.1 Å². The number of benzene rings is 2. The van der Waals surface area contributed by atoms with Crippen LogP contribution < -0.4 is 4.74 Å². The molecule has 3 aromatic rings. The number of para-hydroxylation sites is 1. The number of carbonyl (C=O) groups is 1. The summed E-state index contributed by atoms with van der Waals surface area (Å²) in [5.74, 6) is -0.994. The van der Waals surface area contributed by atoms with Crippen LogP contribution in [0.4, 0.5) is 0 Å². The highest BCUT2D eigenvalue weighted by atomic mass is 35.5. The van der Waals surface area contributed by atoms with Gasteiger partial charge < -0.3 is 4.74 Å². The molecule has 1 aromatic heterocycles. The number of nitriles is 1. The Balaban J connectivity index is 1.75. The minimum atomic E-state index is -0.964. The number of Topliss-reactive ketones (excluding diaryl/α,β-unsaturated/α-hetero) is 1. The van der Waals surface area contributed by atoms with Crippen LogP contribution in [0.1, 0.15) is 10.9 Å². The first-order chi connectivity index (χ1) is 11.6. The van der Waals surface area contributed by atoms with Crippen molar-refractivity contribution >= 4 is 50.5 Å². The summed E-state index contributed by atoms with van der Waals surface area (Å²) in [5, 5.41) is 10.6. The molecule has 0 amide bonds. The number of carbonyl (C=O) groups excluding carboxylic acids is 1. The fourth-order valence-electron chi connectivity index (χ4n) is 2.10. The number of nitrogens with zero attached hydrogens (tertiary/aromatic N) is 2. The van der Waals surface area contributed by atoms with E-state index < -0.39 is 5.92 Å². The number of aromatic nitrogens is 1. The van der Waals surface area contributed by atoms with Crippen LogP contribution in [0.2, 0.25) is 10.0 Å². The van der Waals surface area contributed by atoms with Crippen LogP contribution in [-0.4, -0.2) is 17.4 Å². The number of hydrogen-bond donors (Lipinski definition) is 0. The molecular weight excluding hydrogens is 367 g/mol. The van der Waals surface area contributed by atoms with Crippen molar-refractivity contribution in [3.8, 4) is 11.8 Å². The minimum absolute atomic E-state index is 0.268. The first kappa shape index (κ1) is 16.7. The average Bonchev–Trinajstić information content (AvgIpc) is 2.98. The molecule has 0 aliphatic carbocycles. The van der Waals surface area contributed by atoms with Crippen LogP contribution in [0.15, 0.2) is 42.5 Å². The summed E-state index contributed by atoms with van der Waals surface area (Å²) in [4.78, 5) is 16.7. The van der Waals surface area contributed by atoms with Crippen LogP contribution >= 0.6 is 34.5 Å². The van der Waals surface area contributed by atoms with Gasteiger partial charge in [0.1, 0.15) is 17.4 Å². The van der Waals surface area contributed by atoms with E-state index in [4.69, 9.17) is 27.9 Å². The summed E-state index contributed by atoms with van der Waals surface area (Å²) in [6.07, 6.45) is 0. The Kier molecular flexibility index (Phi) is 5.00. The van der Waals surface area contributed by atoms with Crippen molar-refractivity contribution in [2.75, 3.05) is 6.61 Å². The molecule has 1 heterocycles.